The Labute approximate surface area is 161 Å². The maximum Gasteiger partial charge on any atom is 0.416 e. The third-order valence-corrected chi connectivity index (χ3v) is 5.29. The highest BCUT2D eigenvalue weighted by Gasteiger charge is 2.30. The zero-order chi connectivity index (χ0) is 19.5. The number of benzene rings is 2. The molecule has 0 aliphatic rings. The third-order valence-electron chi connectivity index (χ3n) is 4.18. The van der Waals surface area contributed by atoms with Crippen molar-refractivity contribution >= 4 is 11.9 Å². The molecule has 0 radical (unpaired) electrons. The number of hydrogen-bond donors (Lipinski definition) is 1. The van der Waals surface area contributed by atoms with Crippen molar-refractivity contribution in [3.05, 3.63) is 84.2 Å². The van der Waals surface area contributed by atoms with E-state index in [-0.39, 0.29) is 0 Å². The van der Waals surface area contributed by atoms with Crippen LogP contribution in [0.3, 0.4) is 0 Å². The molecule has 0 fully saturated rings. The Morgan fingerprint density at radius 1 is 0.815 bits per heavy atom. The standard InChI is InChI=1S/C21H19F3N2S/c1-20(2,26-27-19-8-4-7-18(14-19)21(22,23)24)17-6-3-5-16(13-17)15-9-11-25-12-10-15/h3-14,26H,1-2H3. The monoisotopic (exact) mass is 388 g/mol. The van der Waals surface area contributed by atoms with Gasteiger partial charge in [0, 0.05) is 22.8 Å². The minimum atomic E-state index is -4.34. The van der Waals surface area contributed by atoms with Crippen molar-refractivity contribution in [3.8, 4) is 11.1 Å². The average Bonchev–Trinajstić information content (AvgIpc) is 2.67. The van der Waals surface area contributed by atoms with Crippen LogP contribution in [0.25, 0.3) is 11.1 Å². The Balaban J connectivity index is 1.78. The normalized spacial score (nSPS) is 12.2. The summed E-state index contributed by atoms with van der Waals surface area (Å²) in [7, 11) is 0. The average molecular weight is 388 g/mol. The van der Waals surface area contributed by atoms with Crippen LogP contribution in [-0.2, 0) is 11.7 Å². The molecule has 0 atom stereocenters. The summed E-state index contributed by atoms with van der Waals surface area (Å²) in [5.41, 5.74) is 2.08. The highest BCUT2D eigenvalue weighted by atomic mass is 32.2. The summed E-state index contributed by atoms with van der Waals surface area (Å²) in [6.07, 6.45) is -0.852. The van der Waals surface area contributed by atoms with Gasteiger partial charge in [0.2, 0.25) is 0 Å². The van der Waals surface area contributed by atoms with Crippen LogP contribution in [0.4, 0.5) is 13.2 Å². The summed E-state index contributed by atoms with van der Waals surface area (Å²) in [5, 5.41) is 0. The van der Waals surface area contributed by atoms with Crippen molar-refractivity contribution in [3.63, 3.8) is 0 Å². The highest BCUT2D eigenvalue weighted by molar-refractivity contribution is 7.97. The summed E-state index contributed by atoms with van der Waals surface area (Å²) in [5.74, 6) is 0. The van der Waals surface area contributed by atoms with Gasteiger partial charge in [-0.2, -0.15) is 13.2 Å². The molecule has 0 saturated heterocycles. The molecule has 1 heterocycles. The Kier molecular flexibility index (Phi) is 5.58. The summed E-state index contributed by atoms with van der Waals surface area (Å²) < 4.78 is 41.9. The molecule has 6 heteroatoms. The minimum absolute atomic E-state index is 0.443. The first-order valence-electron chi connectivity index (χ1n) is 8.38. The van der Waals surface area contributed by atoms with Crippen LogP contribution in [0.1, 0.15) is 25.0 Å². The fourth-order valence-corrected chi connectivity index (χ4v) is 3.44. The molecule has 0 amide bonds. The van der Waals surface area contributed by atoms with E-state index in [4.69, 9.17) is 0 Å². The lowest BCUT2D eigenvalue weighted by Crippen LogP contribution is -2.31. The number of rotatable bonds is 5. The SMILES string of the molecule is CC(C)(NSc1cccc(C(F)(F)F)c1)c1cccc(-c2ccncc2)c1. The number of nitrogens with zero attached hydrogens (tertiary/aromatic N) is 1. The van der Waals surface area contributed by atoms with Gasteiger partial charge in [0.05, 0.1) is 5.56 Å². The lowest BCUT2D eigenvalue weighted by Gasteiger charge is -2.27. The number of alkyl halides is 3. The van der Waals surface area contributed by atoms with Crippen molar-refractivity contribution in [1.29, 1.82) is 0 Å². The molecule has 2 nitrogen and oxygen atoms in total. The van der Waals surface area contributed by atoms with Crippen molar-refractivity contribution in [1.82, 2.24) is 9.71 Å². The predicted molar refractivity (Wildman–Crippen MR) is 103 cm³/mol. The van der Waals surface area contributed by atoms with Crippen LogP contribution < -0.4 is 4.72 Å². The second-order valence-electron chi connectivity index (χ2n) is 6.67. The molecule has 1 N–H and O–H groups in total. The molecule has 140 valence electrons. The Hall–Kier alpha value is -2.31. The summed E-state index contributed by atoms with van der Waals surface area (Å²) in [6, 6.07) is 17.3. The van der Waals surface area contributed by atoms with E-state index in [1.807, 2.05) is 44.2 Å². The van der Waals surface area contributed by atoms with E-state index < -0.39 is 17.3 Å². The lowest BCUT2D eigenvalue weighted by atomic mass is 9.92. The first kappa shape index (κ1) is 19.5. The van der Waals surface area contributed by atoms with Gasteiger partial charge in [-0.25, -0.2) is 4.72 Å². The van der Waals surface area contributed by atoms with Gasteiger partial charge in [-0.3, -0.25) is 4.98 Å². The van der Waals surface area contributed by atoms with Crippen LogP contribution in [0.2, 0.25) is 0 Å². The van der Waals surface area contributed by atoms with Crippen molar-refractivity contribution in [2.45, 2.75) is 30.5 Å². The highest BCUT2D eigenvalue weighted by Crippen LogP contribution is 2.33. The second kappa shape index (κ2) is 7.74. The van der Waals surface area contributed by atoms with E-state index in [1.54, 1.807) is 18.5 Å². The lowest BCUT2D eigenvalue weighted by molar-refractivity contribution is -0.137. The van der Waals surface area contributed by atoms with E-state index in [9.17, 15) is 13.2 Å². The van der Waals surface area contributed by atoms with Crippen LogP contribution in [0.15, 0.2) is 78.0 Å². The zero-order valence-corrected chi connectivity index (χ0v) is 15.7. The molecule has 1 aromatic heterocycles. The summed E-state index contributed by atoms with van der Waals surface area (Å²) >= 11 is 1.19. The maximum absolute atomic E-state index is 12.9. The van der Waals surface area contributed by atoms with Gasteiger partial charge in [-0.15, -0.1) is 0 Å². The van der Waals surface area contributed by atoms with Crippen LogP contribution in [0.5, 0.6) is 0 Å². The molecule has 0 saturated carbocycles. The van der Waals surface area contributed by atoms with Gasteiger partial charge in [0.1, 0.15) is 0 Å². The largest absolute Gasteiger partial charge is 0.416 e. The van der Waals surface area contributed by atoms with Crippen molar-refractivity contribution < 1.29 is 13.2 Å². The van der Waals surface area contributed by atoms with E-state index in [1.165, 1.54) is 18.0 Å². The van der Waals surface area contributed by atoms with Gasteiger partial charge in [-0.1, -0.05) is 24.3 Å². The van der Waals surface area contributed by atoms with Crippen LogP contribution in [-0.4, -0.2) is 4.98 Å². The van der Waals surface area contributed by atoms with E-state index in [0.29, 0.717) is 4.90 Å². The number of aromatic nitrogens is 1. The third kappa shape index (κ3) is 4.90. The molecule has 0 aliphatic carbocycles. The minimum Gasteiger partial charge on any atom is -0.265 e. The molecule has 0 bridgehead atoms. The first-order chi connectivity index (χ1) is 12.8. The molecule has 0 aliphatic heterocycles. The summed E-state index contributed by atoms with van der Waals surface area (Å²) in [4.78, 5) is 4.55. The molecule has 0 spiro atoms. The quantitative estimate of drug-likeness (QED) is 0.519. The molecule has 3 rings (SSSR count). The van der Waals surface area contributed by atoms with Gasteiger partial charge in [0.15, 0.2) is 0 Å². The molecule has 2 aromatic carbocycles. The molecular formula is C21H19F3N2S. The number of nitrogens with one attached hydrogen (secondary N) is 1. The fourth-order valence-electron chi connectivity index (χ4n) is 2.61. The van der Waals surface area contributed by atoms with Crippen LogP contribution in [0, 0.1) is 0 Å². The Morgan fingerprint density at radius 2 is 1.48 bits per heavy atom. The van der Waals surface area contributed by atoms with Gasteiger partial charge in [-0.05, 0) is 78.9 Å². The maximum atomic E-state index is 12.9. The topological polar surface area (TPSA) is 24.9 Å². The second-order valence-corrected chi connectivity index (χ2v) is 7.55. The molecule has 27 heavy (non-hydrogen) atoms. The van der Waals surface area contributed by atoms with Gasteiger partial charge < -0.3 is 0 Å². The van der Waals surface area contributed by atoms with Crippen LogP contribution >= 0.6 is 11.9 Å². The predicted octanol–water partition coefficient (Wildman–Crippen LogP) is 6.30. The molecular weight excluding hydrogens is 369 g/mol. The number of hydrogen-bond acceptors (Lipinski definition) is 3. The number of pyridine rings is 1. The van der Waals surface area contributed by atoms with Gasteiger partial charge >= 0.3 is 6.18 Å². The Morgan fingerprint density at radius 3 is 2.19 bits per heavy atom. The molecule has 3 aromatic rings. The van der Waals surface area contributed by atoms with Crippen molar-refractivity contribution in [2.24, 2.45) is 0 Å². The zero-order valence-electron chi connectivity index (χ0n) is 14.9. The van der Waals surface area contributed by atoms with E-state index in [0.717, 1.165) is 28.8 Å². The molecule has 0 unspecified atom stereocenters. The summed E-state index contributed by atoms with van der Waals surface area (Å²) in [6.45, 7) is 4.00. The fraction of sp³-hybridized carbons (Fsp3) is 0.190. The van der Waals surface area contributed by atoms with E-state index >= 15 is 0 Å². The first-order valence-corrected chi connectivity index (χ1v) is 9.19. The number of halogens is 3. The Bertz CT molecular complexity index is 909. The van der Waals surface area contributed by atoms with Crippen molar-refractivity contribution in [2.75, 3.05) is 0 Å². The van der Waals surface area contributed by atoms with E-state index in [2.05, 4.69) is 15.8 Å². The smallest absolute Gasteiger partial charge is 0.265 e. The van der Waals surface area contributed by atoms with Gasteiger partial charge in [0.25, 0.3) is 0 Å².